The van der Waals surface area contributed by atoms with E-state index in [-0.39, 0.29) is 0 Å². The zero-order valence-corrected chi connectivity index (χ0v) is 21.5. The molecule has 1 aliphatic rings. The molecule has 0 bridgehead atoms. The van der Waals surface area contributed by atoms with Crippen molar-refractivity contribution in [3.8, 4) is 0 Å². The molecule has 9 heteroatoms. The van der Waals surface area contributed by atoms with Crippen LogP contribution >= 0.6 is 23.5 Å². The zero-order valence-electron chi connectivity index (χ0n) is 19.8. The van der Waals surface area contributed by atoms with E-state index in [1.54, 1.807) is 11.8 Å². The van der Waals surface area contributed by atoms with Crippen molar-refractivity contribution in [2.24, 2.45) is 0 Å². The minimum Gasteiger partial charge on any atom is -0.379 e. The van der Waals surface area contributed by atoms with Crippen molar-refractivity contribution in [2.75, 3.05) is 65.0 Å². The predicted octanol–water partition coefficient (Wildman–Crippen LogP) is 4.41. The van der Waals surface area contributed by atoms with Gasteiger partial charge in [0.15, 0.2) is 5.16 Å². The van der Waals surface area contributed by atoms with Gasteiger partial charge in [-0.25, -0.2) is 4.98 Å². The molecule has 0 amide bonds. The second-order valence-electron chi connectivity index (χ2n) is 8.11. The first-order valence-electron chi connectivity index (χ1n) is 11.9. The van der Waals surface area contributed by atoms with Crippen molar-refractivity contribution in [1.82, 2.24) is 19.9 Å². The standard InChI is InChI=1S/C25H34N4O3S2/c1-20-23(19-34-25-27-21-5-2-3-6-22(21)28-25)26-8-7-24(20)33-18-4-12-30-16-17-32-15-11-29-9-13-31-14-10-29/h2-3,5-8H,4,9-19H2,1H3,(H,27,28). The van der Waals surface area contributed by atoms with Crippen molar-refractivity contribution in [1.29, 1.82) is 0 Å². The molecule has 7 nitrogen and oxygen atoms in total. The molecule has 1 saturated heterocycles. The molecule has 0 saturated carbocycles. The Morgan fingerprint density at radius 2 is 1.85 bits per heavy atom. The third-order valence-electron chi connectivity index (χ3n) is 5.69. The van der Waals surface area contributed by atoms with Crippen LogP contribution in [0.5, 0.6) is 0 Å². The lowest BCUT2D eigenvalue weighted by Gasteiger charge is -2.26. The quantitative estimate of drug-likeness (QED) is 0.257. The number of aromatic nitrogens is 3. The maximum absolute atomic E-state index is 5.73. The summed E-state index contributed by atoms with van der Waals surface area (Å²) in [5.41, 5.74) is 4.44. The number of nitrogens with one attached hydrogen (secondary N) is 1. The van der Waals surface area contributed by atoms with E-state index < -0.39 is 0 Å². The van der Waals surface area contributed by atoms with Crippen LogP contribution in [0.25, 0.3) is 11.0 Å². The lowest BCUT2D eigenvalue weighted by molar-refractivity contribution is 0.00814. The molecule has 0 aliphatic carbocycles. The van der Waals surface area contributed by atoms with Crippen molar-refractivity contribution >= 4 is 34.6 Å². The van der Waals surface area contributed by atoms with Crippen LogP contribution in [0, 0.1) is 6.92 Å². The van der Waals surface area contributed by atoms with Gasteiger partial charge in [-0.1, -0.05) is 23.9 Å². The third kappa shape index (κ3) is 7.96. The Bertz CT molecular complexity index is 978. The SMILES string of the molecule is Cc1c(SCCCOCCOCCN2CCOCC2)ccnc1CSc1nc2ccccc2[nH]1. The topological polar surface area (TPSA) is 72.5 Å². The first-order valence-corrected chi connectivity index (χ1v) is 13.9. The molecule has 1 aromatic carbocycles. The number of imidazole rings is 1. The molecule has 184 valence electrons. The number of ether oxygens (including phenoxy) is 3. The number of nitrogens with zero attached hydrogens (tertiary/aromatic N) is 3. The van der Waals surface area contributed by atoms with Crippen LogP contribution in [-0.4, -0.2) is 84.9 Å². The van der Waals surface area contributed by atoms with Crippen molar-refractivity contribution < 1.29 is 14.2 Å². The zero-order chi connectivity index (χ0) is 23.4. The van der Waals surface area contributed by atoms with E-state index in [1.165, 1.54) is 10.5 Å². The van der Waals surface area contributed by atoms with E-state index in [0.29, 0.717) is 13.2 Å². The Hall–Kier alpha value is -1.62. The van der Waals surface area contributed by atoms with Crippen LogP contribution in [0.15, 0.2) is 46.6 Å². The summed E-state index contributed by atoms with van der Waals surface area (Å²) in [6.45, 7) is 9.67. The fourth-order valence-corrected chi connectivity index (χ4v) is 5.56. The molecule has 34 heavy (non-hydrogen) atoms. The molecule has 3 heterocycles. The number of rotatable bonds is 14. The van der Waals surface area contributed by atoms with E-state index in [2.05, 4.69) is 38.9 Å². The van der Waals surface area contributed by atoms with Gasteiger partial charge in [0.1, 0.15) is 0 Å². The van der Waals surface area contributed by atoms with E-state index in [4.69, 9.17) is 14.2 Å². The molecule has 1 N–H and O–H groups in total. The molecule has 1 fully saturated rings. The fourth-order valence-electron chi connectivity index (χ4n) is 3.68. The maximum Gasteiger partial charge on any atom is 0.166 e. The van der Waals surface area contributed by atoms with Crippen molar-refractivity contribution in [2.45, 2.75) is 29.1 Å². The Kier molecular flexibility index (Phi) is 10.5. The van der Waals surface area contributed by atoms with Gasteiger partial charge in [-0.3, -0.25) is 9.88 Å². The molecule has 0 atom stereocenters. The van der Waals surface area contributed by atoms with Crippen LogP contribution in [0.2, 0.25) is 0 Å². The summed E-state index contributed by atoms with van der Waals surface area (Å²) < 4.78 is 16.8. The minimum absolute atomic E-state index is 0.658. The summed E-state index contributed by atoms with van der Waals surface area (Å²) in [5, 5.41) is 0.933. The second kappa shape index (κ2) is 14.1. The Morgan fingerprint density at radius 1 is 1.03 bits per heavy atom. The minimum atomic E-state index is 0.658. The summed E-state index contributed by atoms with van der Waals surface area (Å²) in [7, 11) is 0. The van der Waals surface area contributed by atoms with E-state index in [0.717, 1.165) is 85.9 Å². The summed E-state index contributed by atoms with van der Waals surface area (Å²) in [5.74, 6) is 1.83. The molecule has 2 aromatic heterocycles. The number of H-pyrrole nitrogens is 1. The summed E-state index contributed by atoms with van der Waals surface area (Å²) in [4.78, 5) is 16.3. The van der Waals surface area contributed by atoms with Crippen LogP contribution in [0.3, 0.4) is 0 Å². The monoisotopic (exact) mass is 502 g/mol. The van der Waals surface area contributed by atoms with Crippen molar-refractivity contribution in [3.63, 3.8) is 0 Å². The predicted molar refractivity (Wildman–Crippen MR) is 139 cm³/mol. The fraction of sp³-hybridized carbons (Fsp3) is 0.520. The number of aromatic amines is 1. The van der Waals surface area contributed by atoms with Crippen LogP contribution in [0.1, 0.15) is 17.7 Å². The highest BCUT2D eigenvalue weighted by molar-refractivity contribution is 7.99. The van der Waals surface area contributed by atoms with Gasteiger partial charge in [0, 0.05) is 48.8 Å². The maximum atomic E-state index is 5.73. The van der Waals surface area contributed by atoms with Crippen LogP contribution in [-0.2, 0) is 20.0 Å². The van der Waals surface area contributed by atoms with Gasteiger partial charge < -0.3 is 19.2 Å². The highest BCUT2D eigenvalue weighted by Crippen LogP contribution is 2.28. The Morgan fingerprint density at radius 3 is 2.71 bits per heavy atom. The van der Waals surface area contributed by atoms with Gasteiger partial charge in [-0.15, -0.1) is 11.8 Å². The number of para-hydroxylation sites is 2. The number of pyridine rings is 1. The third-order valence-corrected chi connectivity index (χ3v) is 7.82. The molecule has 3 aromatic rings. The van der Waals surface area contributed by atoms with E-state index in [9.17, 15) is 0 Å². The molecule has 0 unspecified atom stereocenters. The first-order chi connectivity index (χ1) is 16.8. The largest absolute Gasteiger partial charge is 0.379 e. The first kappa shape index (κ1) is 25.5. The van der Waals surface area contributed by atoms with E-state index >= 15 is 0 Å². The van der Waals surface area contributed by atoms with Gasteiger partial charge in [0.25, 0.3) is 0 Å². The molecule has 4 rings (SSSR count). The summed E-state index contributed by atoms with van der Waals surface area (Å²) in [6.07, 6.45) is 2.93. The number of hydrogen-bond acceptors (Lipinski definition) is 8. The van der Waals surface area contributed by atoms with Crippen molar-refractivity contribution in [3.05, 3.63) is 47.8 Å². The van der Waals surface area contributed by atoms with E-state index in [1.807, 2.05) is 36.2 Å². The lowest BCUT2D eigenvalue weighted by Crippen LogP contribution is -2.38. The number of benzene rings is 1. The van der Waals surface area contributed by atoms with Gasteiger partial charge in [-0.05, 0) is 37.1 Å². The van der Waals surface area contributed by atoms with Gasteiger partial charge in [-0.2, -0.15) is 0 Å². The summed E-state index contributed by atoms with van der Waals surface area (Å²) in [6, 6.07) is 10.2. The van der Waals surface area contributed by atoms with Crippen LogP contribution < -0.4 is 0 Å². The number of fused-ring (bicyclic) bond motifs is 1. The lowest BCUT2D eigenvalue weighted by atomic mass is 10.2. The Balaban J connectivity index is 1.08. The molecule has 0 spiro atoms. The molecular weight excluding hydrogens is 468 g/mol. The number of morpholine rings is 1. The second-order valence-corrected chi connectivity index (χ2v) is 10.2. The average molecular weight is 503 g/mol. The molecule has 0 radical (unpaired) electrons. The highest BCUT2D eigenvalue weighted by atomic mass is 32.2. The smallest absolute Gasteiger partial charge is 0.166 e. The summed E-state index contributed by atoms with van der Waals surface area (Å²) >= 11 is 3.57. The average Bonchev–Trinajstić information content (AvgIpc) is 3.29. The molecular formula is C25H34N4O3S2. The number of thioether (sulfide) groups is 2. The van der Waals surface area contributed by atoms with Gasteiger partial charge in [0.05, 0.1) is 49.8 Å². The van der Waals surface area contributed by atoms with Gasteiger partial charge in [0.2, 0.25) is 0 Å². The number of hydrogen-bond donors (Lipinski definition) is 1. The normalized spacial score (nSPS) is 14.7. The molecule has 1 aliphatic heterocycles. The Labute approximate surface area is 210 Å². The van der Waals surface area contributed by atoms with Gasteiger partial charge >= 0.3 is 0 Å². The highest BCUT2D eigenvalue weighted by Gasteiger charge is 2.10. The van der Waals surface area contributed by atoms with Crippen LogP contribution in [0.4, 0.5) is 0 Å².